The molecule has 0 aromatic heterocycles. The average molecular weight is 307 g/mol. The summed E-state index contributed by atoms with van der Waals surface area (Å²) in [4.78, 5) is -0.554. The average Bonchev–Trinajstić information content (AvgIpc) is 2.43. The van der Waals surface area contributed by atoms with Crippen LogP contribution in [0.5, 0.6) is 11.5 Å². The van der Waals surface area contributed by atoms with Crippen molar-refractivity contribution in [2.45, 2.75) is 24.3 Å². The number of aliphatic hydroxyl groups excluding tert-OH is 1. The summed E-state index contributed by atoms with van der Waals surface area (Å²) in [5.41, 5.74) is 0. The highest BCUT2D eigenvalue weighted by atomic mass is 32.2. The summed E-state index contributed by atoms with van der Waals surface area (Å²) in [5.74, 6) is -0.757. The zero-order valence-electron chi connectivity index (χ0n) is 11.5. The van der Waals surface area contributed by atoms with Crippen LogP contribution in [0.15, 0.2) is 17.0 Å². The van der Waals surface area contributed by atoms with Gasteiger partial charge in [0.05, 0.1) is 20.8 Å². The number of hydrogen-bond donors (Lipinski definition) is 2. The van der Waals surface area contributed by atoms with Gasteiger partial charge in [0, 0.05) is 18.2 Å². The van der Waals surface area contributed by atoms with E-state index in [1.54, 1.807) is 6.92 Å². The van der Waals surface area contributed by atoms with Crippen LogP contribution in [0.25, 0.3) is 0 Å². The zero-order chi connectivity index (χ0) is 15.3. The molecule has 0 aliphatic heterocycles. The van der Waals surface area contributed by atoms with Gasteiger partial charge in [-0.3, -0.25) is 0 Å². The molecule has 0 spiro atoms. The maximum absolute atomic E-state index is 13.9. The van der Waals surface area contributed by atoms with Crippen molar-refractivity contribution < 1.29 is 27.4 Å². The van der Waals surface area contributed by atoms with Gasteiger partial charge < -0.3 is 14.6 Å². The summed E-state index contributed by atoms with van der Waals surface area (Å²) in [6.45, 7) is 1.33. The Balaban J connectivity index is 3.24. The highest BCUT2D eigenvalue weighted by Crippen LogP contribution is 2.31. The first-order valence-electron chi connectivity index (χ1n) is 5.94. The number of rotatable bonds is 7. The molecule has 0 unspecified atom stereocenters. The normalized spacial score (nSPS) is 13.1. The lowest BCUT2D eigenvalue weighted by molar-refractivity contribution is 0.253. The van der Waals surface area contributed by atoms with Gasteiger partial charge in [-0.2, -0.15) is 0 Å². The number of hydrogen-bond acceptors (Lipinski definition) is 5. The number of nitrogens with one attached hydrogen (secondary N) is 1. The molecule has 1 aromatic carbocycles. The lowest BCUT2D eigenvalue weighted by Crippen LogP contribution is -2.37. The third-order valence-electron chi connectivity index (χ3n) is 2.76. The number of methoxy groups -OCH3 is 2. The molecule has 0 bridgehead atoms. The smallest absolute Gasteiger partial charge is 0.243 e. The van der Waals surface area contributed by atoms with Gasteiger partial charge in [-0.1, -0.05) is 6.92 Å². The Bertz CT molecular complexity index is 557. The fourth-order valence-electron chi connectivity index (χ4n) is 1.57. The summed E-state index contributed by atoms with van der Waals surface area (Å²) in [6.07, 6.45) is 0.380. The van der Waals surface area contributed by atoms with E-state index in [1.165, 1.54) is 14.2 Å². The quantitative estimate of drug-likeness (QED) is 0.781. The molecular formula is C12H18FNO5S. The van der Waals surface area contributed by atoms with Crippen LogP contribution in [0.2, 0.25) is 0 Å². The van der Waals surface area contributed by atoms with E-state index >= 15 is 0 Å². The van der Waals surface area contributed by atoms with Crippen molar-refractivity contribution in [1.29, 1.82) is 0 Å². The van der Waals surface area contributed by atoms with E-state index in [1.807, 2.05) is 0 Å². The lowest BCUT2D eigenvalue weighted by atomic mass is 10.3. The fourth-order valence-corrected chi connectivity index (χ4v) is 2.96. The van der Waals surface area contributed by atoms with Crippen LogP contribution in [0.3, 0.4) is 0 Å². The largest absolute Gasteiger partial charge is 0.493 e. The van der Waals surface area contributed by atoms with Crippen molar-refractivity contribution in [3.63, 3.8) is 0 Å². The van der Waals surface area contributed by atoms with E-state index in [9.17, 15) is 12.8 Å². The topological polar surface area (TPSA) is 84.9 Å². The molecule has 0 saturated carbocycles. The van der Waals surface area contributed by atoms with Crippen LogP contribution in [-0.4, -0.2) is 40.4 Å². The number of benzene rings is 1. The SMILES string of the molecule is CC[C@@H](CO)NS(=O)(=O)c1cc(OC)c(OC)cc1F. The second-order valence-electron chi connectivity index (χ2n) is 4.05. The molecule has 0 saturated heterocycles. The van der Waals surface area contributed by atoms with Gasteiger partial charge in [0.1, 0.15) is 10.7 Å². The van der Waals surface area contributed by atoms with Crippen LogP contribution in [0, 0.1) is 5.82 Å². The van der Waals surface area contributed by atoms with Gasteiger partial charge >= 0.3 is 0 Å². The Morgan fingerprint density at radius 3 is 2.30 bits per heavy atom. The highest BCUT2D eigenvalue weighted by molar-refractivity contribution is 7.89. The van der Waals surface area contributed by atoms with Crippen molar-refractivity contribution in [2.75, 3.05) is 20.8 Å². The first kappa shape index (κ1) is 16.7. The summed E-state index contributed by atoms with van der Waals surface area (Å²) in [6, 6.07) is 1.31. The molecule has 1 rings (SSSR count). The molecule has 0 heterocycles. The molecule has 1 aromatic rings. The van der Waals surface area contributed by atoms with Crippen LogP contribution in [0.1, 0.15) is 13.3 Å². The van der Waals surface area contributed by atoms with E-state index in [2.05, 4.69) is 4.72 Å². The third kappa shape index (κ3) is 3.59. The molecule has 0 amide bonds. The molecule has 20 heavy (non-hydrogen) atoms. The summed E-state index contributed by atoms with van der Waals surface area (Å²) < 4.78 is 50.1. The number of aliphatic hydroxyl groups is 1. The minimum atomic E-state index is -4.09. The number of ether oxygens (including phenoxy) is 2. The van der Waals surface area contributed by atoms with Crippen LogP contribution in [-0.2, 0) is 10.0 Å². The molecular weight excluding hydrogens is 289 g/mol. The summed E-state index contributed by atoms with van der Waals surface area (Å²) in [7, 11) is -1.45. The van der Waals surface area contributed by atoms with Crippen molar-refractivity contribution in [3.05, 3.63) is 17.9 Å². The second kappa shape index (κ2) is 6.87. The van der Waals surface area contributed by atoms with Gasteiger partial charge in [-0.05, 0) is 6.42 Å². The highest BCUT2D eigenvalue weighted by Gasteiger charge is 2.24. The second-order valence-corrected chi connectivity index (χ2v) is 5.73. The summed E-state index contributed by atoms with van der Waals surface area (Å²) >= 11 is 0. The van der Waals surface area contributed by atoms with Gasteiger partial charge in [0.25, 0.3) is 0 Å². The molecule has 8 heteroatoms. The van der Waals surface area contributed by atoms with Crippen molar-refractivity contribution >= 4 is 10.0 Å². The molecule has 1 atom stereocenters. The van der Waals surface area contributed by atoms with Crippen molar-refractivity contribution in [3.8, 4) is 11.5 Å². The predicted molar refractivity (Wildman–Crippen MR) is 71.0 cm³/mol. The van der Waals surface area contributed by atoms with Crippen LogP contribution in [0.4, 0.5) is 4.39 Å². The molecule has 2 N–H and O–H groups in total. The van der Waals surface area contributed by atoms with Gasteiger partial charge in [-0.25, -0.2) is 17.5 Å². The van der Waals surface area contributed by atoms with E-state index in [0.29, 0.717) is 6.42 Å². The standard InChI is InChI=1S/C12H18FNO5S/c1-4-8(7-15)14-20(16,17)12-6-11(19-3)10(18-2)5-9(12)13/h5-6,8,14-15H,4,7H2,1-3H3/t8-/m0/s1. The van der Waals surface area contributed by atoms with Crippen LogP contribution < -0.4 is 14.2 Å². The van der Waals surface area contributed by atoms with Gasteiger partial charge in [0.15, 0.2) is 11.5 Å². The van der Waals surface area contributed by atoms with Gasteiger partial charge in [-0.15, -0.1) is 0 Å². The first-order valence-corrected chi connectivity index (χ1v) is 7.42. The van der Waals surface area contributed by atoms with E-state index in [4.69, 9.17) is 14.6 Å². The molecule has 0 aliphatic carbocycles. The molecule has 0 aliphatic rings. The summed E-state index contributed by atoms with van der Waals surface area (Å²) in [5, 5.41) is 9.02. The van der Waals surface area contributed by atoms with E-state index in [0.717, 1.165) is 12.1 Å². The molecule has 114 valence electrons. The maximum atomic E-state index is 13.9. The lowest BCUT2D eigenvalue weighted by Gasteiger charge is -2.16. The molecule has 6 nitrogen and oxygen atoms in total. The Morgan fingerprint density at radius 1 is 1.30 bits per heavy atom. The van der Waals surface area contributed by atoms with Crippen molar-refractivity contribution in [2.24, 2.45) is 0 Å². The van der Waals surface area contributed by atoms with Gasteiger partial charge in [0.2, 0.25) is 10.0 Å². The van der Waals surface area contributed by atoms with E-state index in [-0.39, 0.29) is 18.1 Å². The Kier molecular flexibility index (Phi) is 5.73. The maximum Gasteiger partial charge on any atom is 0.243 e. The Hall–Kier alpha value is -1.38. The van der Waals surface area contributed by atoms with Crippen LogP contribution >= 0.6 is 0 Å². The number of halogens is 1. The molecule has 0 radical (unpaired) electrons. The Morgan fingerprint density at radius 2 is 1.85 bits per heavy atom. The monoisotopic (exact) mass is 307 g/mol. The predicted octanol–water partition coefficient (Wildman–Crippen LogP) is 0.892. The van der Waals surface area contributed by atoms with E-state index < -0.39 is 26.8 Å². The minimum Gasteiger partial charge on any atom is -0.493 e. The first-order chi connectivity index (χ1) is 9.39. The number of sulfonamides is 1. The third-order valence-corrected chi connectivity index (χ3v) is 4.30. The minimum absolute atomic E-state index is 0.0955. The molecule has 0 fully saturated rings. The Labute approximate surface area is 117 Å². The fraction of sp³-hybridized carbons (Fsp3) is 0.500. The zero-order valence-corrected chi connectivity index (χ0v) is 12.3. The van der Waals surface area contributed by atoms with Crippen molar-refractivity contribution in [1.82, 2.24) is 4.72 Å².